The van der Waals surface area contributed by atoms with Crippen molar-refractivity contribution < 1.29 is 12.8 Å². The van der Waals surface area contributed by atoms with Gasteiger partial charge in [0, 0.05) is 17.8 Å². The molecule has 1 aliphatic carbocycles. The van der Waals surface area contributed by atoms with E-state index in [1.54, 1.807) is 11.8 Å². The Balaban J connectivity index is 2.27. The second-order valence-electron chi connectivity index (χ2n) is 5.24. The zero-order valence-corrected chi connectivity index (χ0v) is 13.6. The van der Waals surface area contributed by atoms with Crippen molar-refractivity contribution in [1.82, 2.24) is 4.72 Å². The van der Waals surface area contributed by atoms with Gasteiger partial charge >= 0.3 is 0 Å². The van der Waals surface area contributed by atoms with Gasteiger partial charge in [0.1, 0.15) is 5.82 Å². The zero-order chi connectivity index (χ0) is 15.5. The maximum Gasteiger partial charge on any atom is 0.241 e. The number of rotatable bonds is 5. The molecule has 3 N–H and O–H groups in total. The van der Waals surface area contributed by atoms with E-state index in [9.17, 15) is 12.8 Å². The van der Waals surface area contributed by atoms with Crippen LogP contribution < -0.4 is 10.5 Å². The summed E-state index contributed by atoms with van der Waals surface area (Å²) in [6.45, 7) is 0.0626. The highest BCUT2D eigenvalue weighted by Gasteiger charge is 2.30. The molecule has 0 heterocycles. The number of benzene rings is 1. The van der Waals surface area contributed by atoms with Crippen LogP contribution in [0.2, 0.25) is 0 Å². The Kier molecular flexibility index (Phi) is 5.65. The highest BCUT2D eigenvalue weighted by Crippen LogP contribution is 2.28. The zero-order valence-electron chi connectivity index (χ0n) is 12.0. The molecule has 0 spiro atoms. The minimum atomic E-state index is -3.75. The van der Waals surface area contributed by atoms with Crippen LogP contribution in [0.4, 0.5) is 4.39 Å². The highest BCUT2D eigenvalue weighted by molar-refractivity contribution is 7.99. The van der Waals surface area contributed by atoms with Crippen LogP contribution >= 0.6 is 11.8 Å². The highest BCUT2D eigenvalue weighted by atomic mass is 32.2. The molecule has 2 atom stereocenters. The standard InChI is InChI=1S/C14H21FN2O2S2/c1-20-13-5-3-2-4-12(13)17-21(18,19)14-8-11(15)7-6-10(14)9-16/h6-8,12-13,17H,2-5,9,16H2,1H3. The molecule has 1 aromatic carbocycles. The minimum absolute atomic E-state index is 0.0459. The van der Waals surface area contributed by atoms with Crippen molar-refractivity contribution in [3.8, 4) is 0 Å². The van der Waals surface area contributed by atoms with Crippen molar-refractivity contribution in [3.05, 3.63) is 29.6 Å². The minimum Gasteiger partial charge on any atom is -0.326 e. The molecule has 0 radical (unpaired) electrons. The van der Waals surface area contributed by atoms with E-state index >= 15 is 0 Å². The lowest BCUT2D eigenvalue weighted by molar-refractivity contribution is 0.423. The van der Waals surface area contributed by atoms with Crippen LogP contribution in [0.1, 0.15) is 31.2 Å². The van der Waals surface area contributed by atoms with Crippen molar-refractivity contribution >= 4 is 21.8 Å². The van der Waals surface area contributed by atoms with Gasteiger partial charge in [0.25, 0.3) is 0 Å². The number of nitrogens with two attached hydrogens (primary N) is 1. The first-order valence-electron chi connectivity index (χ1n) is 7.01. The Bertz CT molecular complexity index is 593. The van der Waals surface area contributed by atoms with Gasteiger partial charge < -0.3 is 5.73 Å². The second-order valence-corrected chi connectivity index (χ2v) is 8.00. The molecule has 21 heavy (non-hydrogen) atoms. The predicted molar refractivity (Wildman–Crippen MR) is 84.2 cm³/mol. The van der Waals surface area contributed by atoms with Gasteiger partial charge in [-0.05, 0) is 36.8 Å². The molecule has 2 unspecified atom stereocenters. The second kappa shape index (κ2) is 7.09. The van der Waals surface area contributed by atoms with Gasteiger partial charge in [-0.1, -0.05) is 18.9 Å². The van der Waals surface area contributed by atoms with Gasteiger partial charge in [0.15, 0.2) is 0 Å². The van der Waals surface area contributed by atoms with Crippen molar-refractivity contribution in [3.63, 3.8) is 0 Å². The summed E-state index contributed by atoms with van der Waals surface area (Å²) in [5, 5.41) is 0.267. The fraction of sp³-hybridized carbons (Fsp3) is 0.571. The molecule has 2 rings (SSSR count). The van der Waals surface area contributed by atoms with Crippen LogP contribution in [0.25, 0.3) is 0 Å². The lowest BCUT2D eigenvalue weighted by atomic mass is 9.96. The monoisotopic (exact) mass is 332 g/mol. The smallest absolute Gasteiger partial charge is 0.241 e. The largest absolute Gasteiger partial charge is 0.326 e. The van der Waals surface area contributed by atoms with Crippen LogP contribution in [0.5, 0.6) is 0 Å². The van der Waals surface area contributed by atoms with Crippen LogP contribution in [0.3, 0.4) is 0 Å². The normalized spacial score (nSPS) is 23.2. The van der Waals surface area contributed by atoms with Crippen molar-refractivity contribution in [2.75, 3.05) is 6.26 Å². The summed E-state index contributed by atoms with van der Waals surface area (Å²) in [5.41, 5.74) is 6.00. The molecular weight excluding hydrogens is 311 g/mol. The summed E-state index contributed by atoms with van der Waals surface area (Å²) >= 11 is 1.68. The van der Waals surface area contributed by atoms with E-state index in [1.165, 1.54) is 12.1 Å². The summed E-state index contributed by atoms with van der Waals surface area (Å²) in [6, 6.07) is 3.60. The Morgan fingerprint density at radius 1 is 1.38 bits per heavy atom. The topological polar surface area (TPSA) is 72.2 Å². The van der Waals surface area contributed by atoms with Crippen LogP contribution in [-0.4, -0.2) is 26.0 Å². The van der Waals surface area contributed by atoms with E-state index < -0.39 is 15.8 Å². The summed E-state index contributed by atoms with van der Waals surface area (Å²) in [6.07, 6.45) is 5.94. The number of hydrogen-bond acceptors (Lipinski definition) is 4. The van der Waals surface area contributed by atoms with Crippen LogP contribution in [-0.2, 0) is 16.6 Å². The average molecular weight is 332 g/mol. The van der Waals surface area contributed by atoms with Gasteiger partial charge in [0.2, 0.25) is 10.0 Å². The quantitative estimate of drug-likeness (QED) is 0.867. The molecule has 7 heteroatoms. The lowest BCUT2D eigenvalue weighted by Crippen LogP contribution is -2.43. The molecule has 0 amide bonds. The molecule has 0 aliphatic heterocycles. The molecular formula is C14H21FN2O2S2. The molecule has 1 aliphatic rings. The first kappa shape index (κ1) is 16.7. The van der Waals surface area contributed by atoms with Crippen molar-refractivity contribution in [2.45, 2.75) is 48.4 Å². The van der Waals surface area contributed by atoms with E-state index in [0.29, 0.717) is 5.56 Å². The summed E-state index contributed by atoms with van der Waals surface area (Å²) in [5.74, 6) is -0.572. The lowest BCUT2D eigenvalue weighted by Gasteiger charge is -2.30. The number of thioether (sulfide) groups is 1. The maximum atomic E-state index is 13.4. The van der Waals surface area contributed by atoms with Gasteiger partial charge in [-0.15, -0.1) is 0 Å². The van der Waals surface area contributed by atoms with Gasteiger partial charge in [-0.3, -0.25) is 0 Å². The number of halogens is 1. The summed E-state index contributed by atoms with van der Waals surface area (Å²) < 4.78 is 41.2. The average Bonchev–Trinajstić information content (AvgIpc) is 2.47. The molecule has 1 fully saturated rings. The fourth-order valence-corrected chi connectivity index (χ4v) is 5.32. The molecule has 0 bridgehead atoms. The van der Waals surface area contributed by atoms with Gasteiger partial charge in [0.05, 0.1) is 4.90 Å². The van der Waals surface area contributed by atoms with E-state index in [0.717, 1.165) is 31.7 Å². The predicted octanol–water partition coefficient (Wildman–Crippen LogP) is 2.24. The van der Waals surface area contributed by atoms with Crippen molar-refractivity contribution in [1.29, 1.82) is 0 Å². The van der Waals surface area contributed by atoms with Crippen molar-refractivity contribution in [2.24, 2.45) is 5.73 Å². The SMILES string of the molecule is CSC1CCCCC1NS(=O)(=O)c1cc(F)ccc1CN. The molecule has 0 saturated heterocycles. The Labute approximate surface area is 129 Å². The summed E-state index contributed by atoms with van der Waals surface area (Å²) in [7, 11) is -3.75. The summed E-state index contributed by atoms with van der Waals surface area (Å²) in [4.78, 5) is -0.0459. The first-order valence-corrected chi connectivity index (χ1v) is 9.78. The molecule has 118 valence electrons. The Hall–Kier alpha value is -0.630. The third-order valence-corrected chi connectivity index (χ3v) is 6.59. The third kappa shape index (κ3) is 3.97. The number of hydrogen-bond donors (Lipinski definition) is 2. The third-order valence-electron chi connectivity index (χ3n) is 3.85. The Morgan fingerprint density at radius 3 is 2.76 bits per heavy atom. The Morgan fingerprint density at radius 2 is 2.10 bits per heavy atom. The van der Waals surface area contributed by atoms with Crippen LogP contribution in [0.15, 0.2) is 23.1 Å². The van der Waals surface area contributed by atoms with Crippen LogP contribution in [0, 0.1) is 5.82 Å². The molecule has 0 aromatic heterocycles. The van der Waals surface area contributed by atoms with Gasteiger partial charge in [-0.2, -0.15) is 11.8 Å². The van der Waals surface area contributed by atoms with Gasteiger partial charge in [-0.25, -0.2) is 17.5 Å². The number of nitrogens with one attached hydrogen (secondary N) is 1. The number of sulfonamides is 1. The maximum absolute atomic E-state index is 13.4. The first-order chi connectivity index (χ1) is 9.97. The molecule has 1 saturated carbocycles. The molecule has 4 nitrogen and oxygen atoms in total. The van der Waals surface area contributed by atoms with E-state index in [1.807, 2.05) is 6.26 Å². The van der Waals surface area contributed by atoms with E-state index in [2.05, 4.69) is 4.72 Å². The van der Waals surface area contributed by atoms with E-state index in [4.69, 9.17) is 5.73 Å². The molecule has 1 aromatic rings. The van der Waals surface area contributed by atoms with E-state index in [-0.39, 0.29) is 22.7 Å². The fourth-order valence-electron chi connectivity index (χ4n) is 2.72.